The zero-order valence-electron chi connectivity index (χ0n) is 10.8. The smallest absolute Gasteiger partial charge is 0.249 e. The van der Waals surface area contributed by atoms with Gasteiger partial charge in [-0.1, -0.05) is 5.92 Å². The minimum atomic E-state index is 0.0645. The SMILES string of the molecule is O=C1CCON1CC#CC[NH+]1C2CCCC1CC2. The molecule has 4 nitrogen and oxygen atoms in total. The summed E-state index contributed by atoms with van der Waals surface area (Å²) in [5.41, 5.74) is 0. The third-order valence-electron chi connectivity index (χ3n) is 4.50. The summed E-state index contributed by atoms with van der Waals surface area (Å²) < 4.78 is 0. The molecule has 2 unspecified atom stereocenters. The Balaban J connectivity index is 1.48. The first-order valence-corrected chi connectivity index (χ1v) is 7.09. The number of carbonyl (C=O) groups excluding carboxylic acids is 1. The van der Waals surface area contributed by atoms with E-state index in [4.69, 9.17) is 4.84 Å². The third kappa shape index (κ3) is 2.38. The van der Waals surface area contributed by atoms with E-state index in [1.807, 2.05) is 0 Å². The van der Waals surface area contributed by atoms with E-state index in [2.05, 4.69) is 11.8 Å². The Labute approximate surface area is 108 Å². The summed E-state index contributed by atoms with van der Waals surface area (Å²) in [6, 6.07) is 1.70. The molecule has 3 saturated heterocycles. The molecule has 3 rings (SSSR count). The van der Waals surface area contributed by atoms with Gasteiger partial charge in [-0.25, -0.2) is 5.06 Å². The van der Waals surface area contributed by atoms with Crippen molar-refractivity contribution in [3.63, 3.8) is 0 Å². The van der Waals surface area contributed by atoms with Gasteiger partial charge in [0.05, 0.1) is 25.1 Å². The summed E-state index contributed by atoms with van der Waals surface area (Å²) >= 11 is 0. The van der Waals surface area contributed by atoms with Crippen LogP contribution in [-0.4, -0.2) is 42.8 Å². The van der Waals surface area contributed by atoms with Crippen molar-refractivity contribution in [3.8, 4) is 11.8 Å². The van der Waals surface area contributed by atoms with Crippen LogP contribution in [0.1, 0.15) is 38.5 Å². The highest BCUT2D eigenvalue weighted by molar-refractivity contribution is 5.76. The molecule has 0 aromatic rings. The van der Waals surface area contributed by atoms with E-state index in [0.29, 0.717) is 19.6 Å². The van der Waals surface area contributed by atoms with Gasteiger partial charge < -0.3 is 4.90 Å². The number of hydrogen-bond donors (Lipinski definition) is 1. The third-order valence-corrected chi connectivity index (χ3v) is 4.50. The van der Waals surface area contributed by atoms with Crippen LogP contribution >= 0.6 is 0 Å². The molecule has 3 fully saturated rings. The number of carbonyl (C=O) groups is 1. The number of amides is 1. The standard InChI is InChI=1S/C14H20N2O2/c17-14-8-11-18-16(14)10-2-1-9-15-12-4-3-5-13(15)7-6-12/h12-13H,3-11H2/p+1. The topological polar surface area (TPSA) is 34.0 Å². The first kappa shape index (κ1) is 12.0. The Morgan fingerprint density at radius 2 is 2.00 bits per heavy atom. The van der Waals surface area contributed by atoms with E-state index in [-0.39, 0.29) is 5.91 Å². The fraction of sp³-hybridized carbons (Fsp3) is 0.786. The molecule has 4 heteroatoms. The number of nitrogens with one attached hydrogen (secondary N) is 1. The van der Waals surface area contributed by atoms with Gasteiger partial charge in [-0.2, -0.15) is 0 Å². The van der Waals surface area contributed by atoms with Gasteiger partial charge in [-0.05, 0) is 25.2 Å². The summed E-state index contributed by atoms with van der Waals surface area (Å²) in [5, 5.41) is 1.40. The van der Waals surface area contributed by atoms with E-state index in [1.165, 1.54) is 37.2 Å². The normalized spacial score (nSPS) is 34.6. The Hall–Kier alpha value is -1.05. The van der Waals surface area contributed by atoms with Crippen molar-refractivity contribution in [2.75, 3.05) is 19.7 Å². The van der Waals surface area contributed by atoms with Crippen LogP contribution in [0.4, 0.5) is 0 Å². The lowest BCUT2D eigenvalue weighted by Gasteiger charge is -2.29. The van der Waals surface area contributed by atoms with E-state index in [9.17, 15) is 4.79 Å². The van der Waals surface area contributed by atoms with Gasteiger partial charge in [0.15, 0.2) is 0 Å². The average Bonchev–Trinajstić information content (AvgIpc) is 2.86. The fourth-order valence-electron chi connectivity index (χ4n) is 3.53. The summed E-state index contributed by atoms with van der Waals surface area (Å²) in [6.45, 7) is 1.89. The maximum absolute atomic E-state index is 11.3. The lowest BCUT2D eigenvalue weighted by Crippen LogP contribution is -3.17. The van der Waals surface area contributed by atoms with E-state index < -0.39 is 0 Å². The number of piperidine rings is 1. The largest absolute Gasteiger partial charge is 0.320 e. The molecule has 3 aliphatic heterocycles. The number of hydrogen-bond acceptors (Lipinski definition) is 2. The highest BCUT2D eigenvalue weighted by Gasteiger charge is 2.39. The van der Waals surface area contributed by atoms with Crippen molar-refractivity contribution in [2.45, 2.75) is 50.6 Å². The molecule has 0 aromatic heterocycles. The second-order valence-corrected chi connectivity index (χ2v) is 5.52. The average molecular weight is 249 g/mol. The van der Waals surface area contributed by atoms with E-state index >= 15 is 0 Å². The van der Waals surface area contributed by atoms with Crippen LogP contribution < -0.4 is 4.90 Å². The molecule has 0 spiro atoms. The number of hydroxylamine groups is 2. The summed E-state index contributed by atoms with van der Waals surface area (Å²) in [6.07, 6.45) is 7.43. The van der Waals surface area contributed by atoms with Crippen LogP contribution in [0.5, 0.6) is 0 Å². The van der Waals surface area contributed by atoms with Gasteiger partial charge in [0.1, 0.15) is 13.1 Å². The highest BCUT2D eigenvalue weighted by atomic mass is 16.7. The molecular weight excluding hydrogens is 228 g/mol. The fourth-order valence-corrected chi connectivity index (χ4v) is 3.53. The van der Waals surface area contributed by atoms with Gasteiger partial charge in [0.25, 0.3) is 0 Å². The Bertz CT molecular complexity index is 369. The van der Waals surface area contributed by atoms with Crippen LogP contribution in [0.25, 0.3) is 0 Å². The number of nitrogens with zero attached hydrogens (tertiary/aromatic N) is 1. The van der Waals surface area contributed by atoms with Crippen LogP contribution in [0.15, 0.2) is 0 Å². The number of fused-ring (bicyclic) bond motifs is 2. The molecule has 0 aliphatic carbocycles. The zero-order chi connectivity index (χ0) is 12.4. The monoisotopic (exact) mass is 249 g/mol. The van der Waals surface area contributed by atoms with Crippen LogP contribution in [-0.2, 0) is 9.63 Å². The molecule has 1 amide bonds. The van der Waals surface area contributed by atoms with Crippen LogP contribution in [0.3, 0.4) is 0 Å². The molecule has 98 valence electrons. The van der Waals surface area contributed by atoms with Crippen molar-refractivity contribution in [1.82, 2.24) is 5.06 Å². The van der Waals surface area contributed by atoms with Crippen LogP contribution in [0, 0.1) is 11.8 Å². The molecule has 2 atom stereocenters. The molecule has 3 aliphatic rings. The lowest BCUT2D eigenvalue weighted by molar-refractivity contribution is -0.934. The molecule has 0 aromatic carbocycles. The molecule has 3 heterocycles. The Morgan fingerprint density at radius 1 is 1.22 bits per heavy atom. The number of rotatable bonds is 2. The zero-order valence-corrected chi connectivity index (χ0v) is 10.8. The van der Waals surface area contributed by atoms with Crippen LogP contribution in [0.2, 0.25) is 0 Å². The predicted molar refractivity (Wildman–Crippen MR) is 66.5 cm³/mol. The quantitative estimate of drug-likeness (QED) is 0.685. The van der Waals surface area contributed by atoms with Crippen molar-refractivity contribution in [1.29, 1.82) is 0 Å². The Kier molecular flexibility index (Phi) is 3.53. The van der Waals surface area contributed by atoms with Gasteiger partial charge >= 0.3 is 0 Å². The summed E-state index contributed by atoms with van der Waals surface area (Å²) in [7, 11) is 0. The molecule has 2 bridgehead atoms. The summed E-state index contributed by atoms with van der Waals surface area (Å²) in [5.74, 6) is 6.39. The Morgan fingerprint density at radius 3 is 2.67 bits per heavy atom. The molecule has 18 heavy (non-hydrogen) atoms. The maximum Gasteiger partial charge on any atom is 0.249 e. The van der Waals surface area contributed by atoms with Gasteiger partial charge in [0, 0.05) is 12.8 Å². The van der Waals surface area contributed by atoms with Crippen molar-refractivity contribution >= 4 is 5.91 Å². The van der Waals surface area contributed by atoms with Gasteiger partial charge in [-0.3, -0.25) is 9.63 Å². The second-order valence-electron chi connectivity index (χ2n) is 5.52. The first-order valence-electron chi connectivity index (χ1n) is 7.09. The van der Waals surface area contributed by atoms with Gasteiger partial charge in [-0.15, -0.1) is 0 Å². The van der Waals surface area contributed by atoms with E-state index in [1.54, 1.807) is 4.90 Å². The van der Waals surface area contributed by atoms with Crippen molar-refractivity contribution in [2.24, 2.45) is 0 Å². The first-order chi connectivity index (χ1) is 8.84. The highest BCUT2D eigenvalue weighted by Crippen LogP contribution is 2.21. The summed E-state index contributed by atoms with van der Waals surface area (Å²) in [4.78, 5) is 18.2. The van der Waals surface area contributed by atoms with Gasteiger partial charge in [0.2, 0.25) is 5.91 Å². The second kappa shape index (κ2) is 5.29. The predicted octanol–water partition coefficient (Wildman–Crippen LogP) is -0.246. The molecule has 1 N–H and O–H groups in total. The molecule has 0 radical (unpaired) electrons. The number of quaternary nitrogens is 1. The molecule has 0 saturated carbocycles. The lowest BCUT2D eigenvalue weighted by atomic mass is 10.0. The molecular formula is C14H21N2O2+. The van der Waals surface area contributed by atoms with E-state index in [0.717, 1.165) is 18.6 Å². The minimum Gasteiger partial charge on any atom is -0.320 e. The minimum absolute atomic E-state index is 0.0645. The van der Waals surface area contributed by atoms with Crippen molar-refractivity contribution < 1.29 is 14.5 Å². The maximum atomic E-state index is 11.3. The van der Waals surface area contributed by atoms with Crippen molar-refractivity contribution in [3.05, 3.63) is 0 Å².